The van der Waals surface area contributed by atoms with Crippen molar-refractivity contribution in [3.63, 3.8) is 0 Å². The molecule has 3 heteroatoms. The quantitative estimate of drug-likeness (QED) is 0.869. The van der Waals surface area contributed by atoms with E-state index in [4.69, 9.17) is 5.73 Å². The molecule has 1 unspecified atom stereocenters. The number of carbonyl (C=O) groups excluding carboxylic acids is 1. The van der Waals surface area contributed by atoms with Gasteiger partial charge < -0.3 is 11.1 Å². The molecule has 1 atom stereocenters. The predicted molar refractivity (Wildman–Crippen MR) is 75.4 cm³/mol. The monoisotopic (exact) mass is 242 g/mol. The zero-order chi connectivity index (χ0) is 13.1. The smallest absolute Gasteiger partial charge is 0.241 e. The van der Waals surface area contributed by atoms with Gasteiger partial charge >= 0.3 is 0 Å². The number of benzene rings is 2. The minimum absolute atomic E-state index is 0.130. The Morgan fingerprint density at radius 3 is 2.44 bits per heavy atom. The van der Waals surface area contributed by atoms with Crippen LogP contribution in [0.5, 0.6) is 0 Å². The molecule has 0 saturated heterocycles. The Morgan fingerprint density at radius 2 is 1.78 bits per heavy atom. The van der Waals surface area contributed by atoms with Crippen LogP contribution in [0.2, 0.25) is 0 Å². The molecule has 3 N–H and O–H groups in total. The summed E-state index contributed by atoms with van der Waals surface area (Å²) < 4.78 is 0. The molecular formula is C15H18N2O. The van der Waals surface area contributed by atoms with Crippen molar-refractivity contribution in [2.24, 2.45) is 11.7 Å². The number of carbonyl (C=O) groups is 1. The summed E-state index contributed by atoms with van der Waals surface area (Å²) in [7, 11) is 0. The summed E-state index contributed by atoms with van der Waals surface area (Å²) in [5.41, 5.74) is 6.60. The molecule has 94 valence electrons. The summed E-state index contributed by atoms with van der Waals surface area (Å²) in [5, 5.41) is 5.11. The molecule has 0 aliphatic rings. The van der Waals surface area contributed by atoms with Gasteiger partial charge in [-0.25, -0.2) is 0 Å². The van der Waals surface area contributed by atoms with Gasteiger partial charge in [-0.15, -0.1) is 0 Å². The highest BCUT2D eigenvalue weighted by Crippen LogP contribution is 2.19. The lowest BCUT2D eigenvalue weighted by atomic mass is 10.0. The number of hydrogen-bond donors (Lipinski definition) is 2. The van der Waals surface area contributed by atoms with E-state index < -0.39 is 6.04 Å². The van der Waals surface area contributed by atoms with Crippen LogP contribution in [0.4, 0.5) is 5.69 Å². The van der Waals surface area contributed by atoms with Gasteiger partial charge in [-0.1, -0.05) is 44.2 Å². The third kappa shape index (κ3) is 2.68. The first-order valence-electron chi connectivity index (χ1n) is 6.13. The molecule has 1 amide bonds. The Bertz CT molecular complexity index is 563. The normalized spacial score (nSPS) is 12.7. The first-order chi connectivity index (χ1) is 8.58. The molecule has 3 nitrogen and oxygen atoms in total. The van der Waals surface area contributed by atoms with Crippen molar-refractivity contribution in [1.82, 2.24) is 0 Å². The van der Waals surface area contributed by atoms with Crippen LogP contribution in [0.25, 0.3) is 10.8 Å². The van der Waals surface area contributed by atoms with Crippen molar-refractivity contribution in [3.8, 4) is 0 Å². The maximum Gasteiger partial charge on any atom is 0.241 e. The van der Waals surface area contributed by atoms with E-state index in [1.54, 1.807) is 0 Å². The summed E-state index contributed by atoms with van der Waals surface area (Å²) in [6.45, 7) is 3.87. The lowest BCUT2D eigenvalue weighted by Crippen LogP contribution is -2.39. The first kappa shape index (κ1) is 12.6. The molecule has 18 heavy (non-hydrogen) atoms. The minimum atomic E-state index is -0.475. The van der Waals surface area contributed by atoms with E-state index in [-0.39, 0.29) is 11.8 Å². The van der Waals surface area contributed by atoms with Gasteiger partial charge in [-0.2, -0.15) is 0 Å². The zero-order valence-electron chi connectivity index (χ0n) is 10.7. The largest absolute Gasteiger partial charge is 0.325 e. The molecule has 0 radical (unpaired) electrons. The van der Waals surface area contributed by atoms with Crippen molar-refractivity contribution < 1.29 is 4.79 Å². The summed E-state index contributed by atoms with van der Waals surface area (Å²) in [6, 6.07) is 13.4. The van der Waals surface area contributed by atoms with Crippen LogP contribution < -0.4 is 11.1 Å². The van der Waals surface area contributed by atoms with Crippen molar-refractivity contribution >= 4 is 22.4 Å². The molecule has 0 spiro atoms. The summed E-state index contributed by atoms with van der Waals surface area (Å²) >= 11 is 0. The number of nitrogens with one attached hydrogen (secondary N) is 1. The first-order valence-corrected chi connectivity index (χ1v) is 6.13. The molecule has 0 fully saturated rings. The maximum absolute atomic E-state index is 11.9. The molecule has 0 aliphatic heterocycles. The third-order valence-electron chi connectivity index (χ3n) is 3.04. The molecule has 2 aromatic rings. The maximum atomic E-state index is 11.9. The van der Waals surface area contributed by atoms with Gasteiger partial charge in [0.2, 0.25) is 5.91 Å². The Morgan fingerprint density at radius 1 is 1.11 bits per heavy atom. The van der Waals surface area contributed by atoms with E-state index in [1.165, 1.54) is 0 Å². The predicted octanol–water partition coefficient (Wildman–Crippen LogP) is 2.76. The second-order valence-corrected chi connectivity index (χ2v) is 4.82. The van der Waals surface area contributed by atoms with Crippen LogP contribution in [0.1, 0.15) is 13.8 Å². The van der Waals surface area contributed by atoms with E-state index in [9.17, 15) is 4.79 Å². The fourth-order valence-corrected chi connectivity index (χ4v) is 1.80. The number of amides is 1. The van der Waals surface area contributed by atoms with Crippen molar-refractivity contribution in [2.75, 3.05) is 5.32 Å². The number of nitrogens with two attached hydrogens (primary N) is 1. The average molecular weight is 242 g/mol. The molecule has 0 bridgehead atoms. The SMILES string of the molecule is CC(C)C(N)C(=O)Nc1ccc2ccccc2c1. The highest BCUT2D eigenvalue weighted by atomic mass is 16.2. The van der Waals surface area contributed by atoms with Gasteiger partial charge in [0.25, 0.3) is 0 Å². The number of hydrogen-bond acceptors (Lipinski definition) is 2. The van der Waals surface area contributed by atoms with Crippen LogP contribution in [0.3, 0.4) is 0 Å². The molecule has 0 aliphatic carbocycles. The van der Waals surface area contributed by atoms with Crippen LogP contribution in [-0.2, 0) is 4.79 Å². The zero-order valence-corrected chi connectivity index (χ0v) is 10.7. The Labute approximate surface area is 107 Å². The van der Waals surface area contributed by atoms with Crippen LogP contribution in [-0.4, -0.2) is 11.9 Å². The summed E-state index contributed by atoms with van der Waals surface area (Å²) in [6.07, 6.45) is 0. The Hall–Kier alpha value is -1.87. The van der Waals surface area contributed by atoms with Gasteiger partial charge in [0.05, 0.1) is 6.04 Å². The molecule has 2 aromatic carbocycles. The van der Waals surface area contributed by atoms with Crippen LogP contribution in [0.15, 0.2) is 42.5 Å². The van der Waals surface area contributed by atoms with Crippen LogP contribution >= 0.6 is 0 Å². The average Bonchev–Trinajstić information content (AvgIpc) is 2.37. The van der Waals surface area contributed by atoms with E-state index in [0.717, 1.165) is 16.5 Å². The molecular weight excluding hydrogens is 224 g/mol. The summed E-state index contributed by atoms with van der Waals surface area (Å²) in [4.78, 5) is 11.9. The Balaban J connectivity index is 2.19. The van der Waals surface area contributed by atoms with E-state index in [1.807, 2.05) is 56.3 Å². The van der Waals surface area contributed by atoms with E-state index >= 15 is 0 Å². The highest BCUT2D eigenvalue weighted by molar-refractivity contribution is 5.97. The van der Waals surface area contributed by atoms with Gasteiger partial charge in [0, 0.05) is 5.69 Å². The van der Waals surface area contributed by atoms with Gasteiger partial charge in [-0.3, -0.25) is 4.79 Å². The van der Waals surface area contributed by atoms with Gasteiger partial charge in [0.15, 0.2) is 0 Å². The number of rotatable bonds is 3. The fraction of sp³-hybridized carbons (Fsp3) is 0.267. The van der Waals surface area contributed by atoms with Crippen molar-refractivity contribution in [1.29, 1.82) is 0 Å². The molecule has 0 heterocycles. The third-order valence-corrected chi connectivity index (χ3v) is 3.04. The lowest BCUT2D eigenvalue weighted by Gasteiger charge is -2.15. The van der Waals surface area contributed by atoms with Crippen molar-refractivity contribution in [2.45, 2.75) is 19.9 Å². The topological polar surface area (TPSA) is 55.1 Å². The fourth-order valence-electron chi connectivity index (χ4n) is 1.80. The summed E-state index contributed by atoms with van der Waals surface area (Å²) in [5.74, 6) is -0.00858. The van der Waals surface area contributed by atoms with Gasteiger partial charge in [0.1, 0.15) is 0 Å². The lowest BCUT2D eigenvalue weighted by molar-refractivity contribution is -0.118. The second-order valence-electron chi connectivity index (χ2n) is 4.82. The highest BCUT2D eigenvalue weighted by Gasteiger charge is 2.17. The molecule has 0 saturated carbocycles. The van der Waals surface area contributed by atoms with Gasteiger partial charge in [-0.05, 0) is 28.8 Å². The number of fused-ring (bicyclic) bond motifs is 1. The standard InChI is InChI=1S/C15H18N2O/c1-10(2)14(16)15(18)17-13-8-7-11-5-3-4-6-12(11)9-13/h3-10,14H,16H2,1-2H3,(H,17,18). The molecule has 2 rings (SSSR count). The van der Waals surface area contributed by atoms with E-state index in [2.05, 4.69) is 5.32 Å². The van der Waals surface area contributed by atoms with Crippen LogP contribution in [0, 0.1) is 5.92 Å². The second kappa shape index (κ2) is 5.19. The van der Waals surface area contributed by atoms with E-state index in [0.29, 0.717) is 0 Å². The minimum Gasteiger partial charge on any atom is -0.325 e. The number of anilines is 1. The Kier molecular flexibility index (Phi) is 3.63. The molecule has 0 aromatic heterocycles. The van der Waals surface area contributed by atoms with Crippen molar-refractivity contribution in [3.05, 3.63) is 42.5 Å².